The lowest BCUT2D eigenvalue weighted by atomic mass is 9.77. The van der Waals surface area contributed by atoms with Crippen LogP contribution >= 0.6 is 0 Å². The Morgan fingerprint density at radius 1 is 1.24 bits per heavy atom. The van der Waals surface area contributed by atoms with E-state index in [-0.39, 0.29) is 5.97 Å². The highest BCUT2D eigenvalue weighted by molar-refractivity contribution is 5.77. The number of rotatable bonds is 9. The molecule has 1 aliphatic rings. The molecule has 0 saturated carbocycles. The molecule has 1 aromatic heterocycles. The average Bonchev–Trinajstić information content (AvgIpc) is 3.09. The summed E-state index contributed by atoms with van der Waals surface area (Å²) in [6, 6.07) is 9.76. The van der Waals surface area contributed by atoms with Gasteiger partial charge in [0.25, 0.3) is 0 Å². The lowest BCUT2D eigenvalue weighted by Crippen LogP contribution is -2.49. The van der Waals surface area contributed by atoms with Gasteiger partial charge in [0, 0.05) is 31.4 Å². The van der Waals surface area contributed by atoms with Gasteiger partial charge in [-0.15, -0.1) is 0 Å². The lowest BCUT2D eigenvalue weighted by Gasteiger charge is -2.41. The van der Waals surface area contributed by atoms with Crippen molar-refractivity contribution in [2.75, 3.05) is 26.3 Å². The van der Waals surface area contributed by atoms with E-state index in [0.717, 1.165) is 43.9 Å². The SMILES string of the molecule is CCOC(=O)[C@@]1(CCOc2ccccc2)CCCN(Cc2cn(CC)nc2C)C1. The van der Waals surface area contributed by atoms with E-state index in [1.165, 1.54) is 5.56 Å². The van der Waals surface area contributed by atoms with Crippen LogP contribution in [-0.4, -0.2) is 47.0 Å². The molecular weight excluding hydrogens is 366 g/mol. The molecule has 1 aliphatic heterocycles. The third-order valence-corrected chi connectivity index (χ3v) is 5.72. The van der Waals surface area contributed by atoms with Crippen LogP contribution in [0.5, 0.6) is 5.75 Å². The summed E-state index contributed by atoms with van der Waals surface area (Å²) in [6.07, 6.45) is 4.59. The second-order valence-corrected chi connectivity index (χ2v) is 7.82. The van der Waals surface area contributed by atoms with E-state index in [1.807, 2.05) is 41.9 Å². The first kappa shape index (κ1) is 21.4. The summed E-state index contributed by atoms with van der Waals surface area (Å²) in [5.74, 6) is 0.740. The summed E-state index contributed by atoms with van der Waals surface area (Å²) in [5, 5.41) is 4.56. The zero-order valence-corrected chi connectivity index (χ0v) is 17.9. The maximum Gasteiger partial charge on any atom is 0.313 e. The monoisotopic (exact) mass is 399 g/mol. The molecule has 2 aromatic rings. The summed E-state index contributed by atoms with van der Waals surface area (Å²) in [5.41, 5.74) is 1.77. The zero-order chi connectivity index (χ0) is 20.7. The fraction of sp³-hybridized carbons (Fsp3) is 0.565. The number of likely N-dealkylation sites (tertiary alicyclic amines) is 1. The van der Waals surface area contributed by atoms with Crippen LogP contribution < -0.4 is 4.74 Å². The van der Waals surface area contributed by atoms with Crippen LogP contribution in [0.2, 0.25) is 0 Å². The third kappa shape index (κ3) is 5.38. The van der Waals surface area contributed by atoms with E-state index >= 15 is 0 Å². The van der Waals surface area contributed by atoms with Gasteiger partial charge in [-0.1, -0.05) is 18.2 Å². The van der Waals surface area contributed by atoms with Gasteiger partial charge in [-0.25, -0.2) is 0 Å². The van der Waals surface area contributed by atoms with Crippen molar-refractivity contribution in [2.45, 2.75) is 53.1 Å². The first-order valence-electron chi connectivity index (χ1n) is 10.7. The molecule has 1 fully saturated rings. The molecule has 0 bridgehead atoms. The summed E-state index contributed by atoms with van der Waals surface area (Å²) in [6.45, 7) is 10.3. The number of carbonyl (C=O) groups is 1. The van der Waals surface area contributed by atoms with Gasteiger partial charge in [0.05, 0.1) is 24.3 Å². The molecule has 158 valence electrons. The Balaban J connectivity index is 1.69. The Labute approximate surface area is 173 Å². The van der Waals surface area contributed by atoms with E-state index < -0.39 is 5.41 Å². The molecule has 0 unspecified atom stereocenters. The molecule has 29 heavy (non-hydrogen) atoms. The largest absolute Gasteiger partial charge is 0.494 e. The van der Waals surface area contributed by atoms with E-state index in [1.54, 1.807) is 0 Å². The number of aryl methyl sites for hydroxylation is 2. The molecule has 0 N–H and O–H groups in total. The number of benzene rings is 1. The van der Waals surface area contributed by atoms with Crippen molar-refractivity contribution >= 4 is 5.97 Å². The van der Waals surface area contributed by atoms with Gasteiger partial charge < -0.3 is 9.47 Å². The van der Waals surface area contributed by atoms with Gasteiger partial charge in [0.1, 0.15) is 5.75 Å². The third-order valence-electron chi connectivity index (χ3n) is 5.72. The number of hydrogen-bond donors (Lipinski definition) is 0. The highest BCUT2D eigenvalue weighted by Gasteiger charge is 2.43. The Morgan fingerprint density at radius 2 is 2.03 bits per heavy atom. The molecule has 3 rings (SSSR count). The Kier molecular flexibility index (Phi) is 7.31. The molecule has 1 saturated heterocycles. The first-order valence-corrected chi connectivity index (χ1v) is 10.7. The number of nitrogens with zero attached hydrogens (tertiary/aromatic N) is 3. The van der Waals surface area contributed by atoms with E-state index in [2.05, 4.69) is 30.0 Å². The number of hydrogen-bond acceptors (Lipinski definition) is 5. The minimum Gasteiger partial charge on any atom is -0.494 e. The van der Waals surface area contributed by atoms with Crippen molar-refractivity contribution in [3.05, 3.63) is 47.8 Å². The topological polar surface area (TPSA) is 56.6 Å². The van der Waals surface area contributed by atoms with Gasteiger partial charge in [-0.05, 0) is 58.7 Å². The fourth-order valence-corrected chi connectivity index (χ4v) is 4.12. The van der Waals surface area contributed by atoms with Gasteiger partial charge in [0.2, 0.25) is 0 Å². The Morgan fingerprint density at radius 3 is 2.72 bits per heavy atom. The molecule has 0 spiro atoms. The van der Waals surface area contributed by atoms with E-state index in [9.17, 15) is 4.79 Å². The fourth-order valence-electron chi connectivity index (χ4n) is 4.12. The summed E-state index contributed by atoms with van der Waals surface area (Å²) >= 11 is 0. The first-order chi connectivity index (χ1) is 14.1. The second kappa shape index (κ2) is 9.92. The van der Waals surface area contributed by atoms with E-state index in [0.29, 0.717) is 26.2 Å². The van der Waals surface area contributed by atoms with E-state index in [4.69, 9.17) is 9.47 Å². The number of piperidine rings is 1. The molecule has 0 aliphatic carbocycles. The van der Waals surface area contributed by atoms with Crippen LogP contribution in [0.3, 0.4) is 0 Å². The average molecular weight is 400 g/mol. The van der Waals surface area contributed by atoms with Crippen LogP contribution in [0.4, 0.5) is 0 Å². The van der Waals surface area contributed by atoms with Crippen LogP contribution in [0, 0.1) is 12.3 Å². The van der Waals surface area contributed by atoms with Gasteiger partial charge in [-0.3, -0.25) is 14.4 Å². The number of esters is 1. The second-order valence-electron chi connectivity index (χ2n) is 7.82. The van der Waals surface area contributed by atoms with Gasteiger partial charge >= 0.3 is 5.97 Å². The maximum atomic E-state index is 13.0. The Hall–Kier alpha value is -2.34. The van der Waals surface area contributed by atoms with Crippen molar-refractivity contribution in [3.63, 3.8) is 0 Å². The highest BCUT2D eigenvalue weighted by Crippen LogP contribution is 2.36. The smallest absolute Gasteiger partial charge is 0.313 e. The molecule has 0 radical (unpaired) electrons. The molecule has 6 heteroatoms. The predicted molar refractivity (Wildman–Crippen MR) is 113 cm³/mol. The molecule has 1 atom stereocenters. The standard InChI is InChI=1S/C23H33N3O3/c1-4-26-17-20(19(3)24-26)16-25-14-9-12-23(18-25,22(27)28-5-2)13-15-29-21-10-7-6-8-11-21/h6-8,10-11,17H,4-5,9,12-16,18H2,1-3H3/t23-/m1/s1. The maximum absolute atomic E-state index is 13.0. The number of ether oxygens (including phenoxy) is 2. The summed E-state index contributed by atoms with van der Waals surface area (Å²) in [4.78, 5) is 15.3. The van der Waals surface area contributed by atoms with Crippen LogP contribution in [-0.2, 0) is 22.6 Å². The van der Waals surface area contributed by atoms with Crippen molar-refractivity contribution < 1.29 is 14.3 Å². The zero-order valence-electron chi connectivity index (χ0n) is 17.9. The van der Waals surface area contributed by atoms with Crippen LogP contribution in [0.15, 0.2) is 36.5 Å². The molecule has 6 nitrogen and oxygen atoms in total. The highest BCUT2D eigenvalue weighted by atomic mass is 16.5. The minimum atomic E-state index is -0.516. The molecule has 1 aromatic carbocycles. The van der Waals surface area contributed by atoms with Gasteiger partial charge in [-0.2, -0.15) is 5.10 Å². The minimum absolute atomic E-state index is 0.0951. The van der Waals surface area contributed by atoms with Crippen molar-refractivity contribution in [2.24, 2.45) is 5.41 Å². The lowest BCUT2D eigenvalue weighted by molar-refractivity contribution is -0.160. The van der Waals surface area contributed by atoms with Crippen molar-refractivity contribution in [3.8, 4) is 5.75 Å². The quantitative estimate of drug-likeness (QED) is 0.600. The van der Waals surface area contributed by atoms with Crippen molar-refractivity contribution in [1.29, 1.82) is 0 Å². The van der Waals surface area contributed by atoms with Crippen LogP contribution in [0.1, 0.15) is 44.4 Å². The van der Waals surface area contributed by atoms with Crippen LogP contribution in [0.25, 0.3) is 0 Å². The normalized spacial score (nSPS) is 19.8. The number of aromatic nitrogens is 2. The van der Waals surface area contributed by atoms with Gasteiger partial charge in [0.15, 0.2) is 0 Å². The molecular formula is C23H33N3O3. The number of carbonyl (C=O) groups excluding carboxylic acids is 1. The molecule has 2 heterocycles. The molecule has 0 amide bonds. The summed E-state index contributed by atoms with van der Waals surface area (Å²) in [7, 11) is 0. The number of para-hydroxylation sites is 1. The Bertz CT molecular complexity index is 790. The van der Waals surface area contributed by atoms with Crippen molar-refractivity contribution in [1.82, 2.24) is 14.7 Å². The summed E-state index contributed by atoms with van der Waals surface area (Å²) < 4.78 is 13.4. The predicted octanol–water partition coefficient (Wildman–Crippen LogP) is 3.83.